The number of nitrogens with one attached hydrogen (secondary N) is 1. The van der Waals surface area contributed by atoms with Crippen LogP contribution in [-0.4, -0.2) is 78.0 Å². The van der Waals surface area contributed by atoms with Crippen LogP contribution in [0.1, 0.15) is 33.6 Å². The van der Waals surface area contributed by atoms with Crippen molar-refractivity contribution < 1.29 is 28.5 Å². The first-order valence-electron chi connectivity index (χ1n) is 8.86. The summed E-state index contributed by atoms with van der Waals surface area (Å²) in [6, 6.07) is 0. The summed E-state index contributed by atoms with van der Waals surface area (Å²) in [5.74, 6) is -0.152. The van der Waals surface area contributed by atoms with Crippen molar-refractivity contribution in [3.05, 3.63) is 0 Å². The van der Waals surface area contributed by atoms with Crippen molar-refractivity contribution in [3.63, 3.8) is 0 Å². The third-order valence-corrected chi connectivity index (χ3v) is 2.87. The van der Waals surface area contributed by atoms with E-state index >= 15 is 0 Å². The van der Waals surface area contributed by atoms with Gasteiger partial charge >= 0.3 is 0 Å². The van der Waals surface area contributed by atoms with E-state index in [0.717, 1.165) is 19.4 Å². The Morgan fingerprint density at radius 3 is 2.08 bits per heavy atom. The highest BCUT2D eigenvalue weighted by Gasteiger charge is 2.00. The molecular formula is C17H35NO6. The van der Waals surface area contributed by atoms with E-state index in [2.05, 4.69) is 12.2 Å². The standard InChI is InChI=1S/C17H35NO6/c1-4-5-7-20-9-10-21-8-6-18-17(19)15-23-12-11-22-13-14-24-16(2)3/h16H,4-15H2,1-3H3,(H,18,19). The highest BCUT2D eigenvalue weighted by molar-refractivity contribution is 5.77. The minimum atomic E-state index is -0.152. The normalized spacial score (nSPS) is 11.2. The topological polar surface area (TPSA) is 75.3 Å². The maximum absolute atomic E-state index is 11.5. The molecule has 0 aromatic carbocycles. The van der Waals surface area contributed by atoms with Gasteiger partial charge in [-0.05, 0) is 20.3 Å². The fourth-order valence-electron chi connectivity index (χ4n) is 1.61. The predicted molar refractivity (Wildman–Crippen MR) is 92.3 cm³/mol. The van der Waals surface area contributed by atoms with E-state index in [9.17, 15) is 4.79 Å². The highest BCUT2D eigenvalue weighted by Crippen LogP contribution is 1.88. The molecule has 0 spiro atoms. The third-order valence-electron chi connectivity index (χ3n) is 2.87. The van der Waals surface area contributed by atoms with Crippen molar-refractivity contribution in [1.29, 1.82) is 0 Å². The number of hydrogen-bond donors (Lipinski definition) is 1. The number of rotatable bonds is 18. The van der Waals surface area contributed by atoms with Crippen LogP contribution >= 0.6 is 0 Å². The molecule has 0 aromatic rings. The van der Waals surface area contributed by atoms with Crippen LogP contribution in [0.5, 0.6) is 0 Å². The average Bonchev–Trinajstić information content (AvgIpc) is 2.55. The molecule has 0 fully saturated rings. The van der Waals surface area contributed by atoms with Gasteiger partial charge < -0.3 is 29.0 Å². The minimum absolute atomic E-state index is 0.0337. The summed E-state index contributed by atoms with van der Waals surface area (Å²) >= 11 is 0. The molecule has 7 nitrogen and oxygen atoms in total. The summed E-state index contributed by atoms with van der Waals surface area (Å²) in [6.07, 6.45) is 2.42. The Hall–Kier alpha value is -0.730. The van der Waals surface area contributed by atoms with Crippen LogP contribution < -0.4 is 5.32 Å². The zero-order valence-corrected chi connectivity index (χ0v) is 15.5. The number of ether oxygens (including phenoxy) is 5. The van der Waals surface area contributed by atoms with Gasteiger partial charge in [0.25, 0.3) is 0 Å². The second-order valence-electron chi connectivity index (χ2n) is 5.51. The summed E-state index contributed by atoms with van der Waals surface area (Å²) in [7, 11) is 0. The second-order valence-corrected chi connectivity index (χ2v) is 5.51. The number of carbonyl (C=O) groups excluding carboxylic acids is 1. The first kappa shape index (κ1) is 23.3. The molecule has 0 heterocycles. The van der Waals surface area contributed by atoms with E-state index in [1.165, 1.54) is 0 Å². The number of carbonyl (C=O) groups is 1. The van der Waals surface area contributed by atoms with Gasteiger partial charge in [0, 0.05) is 13.2 Å². The lowest BCUT2D eigenvalue weighted by atomic mass is 10.4. The van der Waals surface area contributed by atoms with E-state index in [4.69, 9.17) is 23.7 Å². The molecule has 0 saturated heterocycles. The zero-order valence-electron chi connectivity index (χ0n) is 15.5. The van der Waals surface area contributed by atoms with Crippen LogP contribution in [0.15, 0.2) is 0 Å². The molecule has 0 rings (SSSR count). The summed E-state index contributed by atoms with van der Waals surface area (Å²) in [5, 5.41) is 2.73. The smallest absolute Gasteiger partial charge is 0.246 e. The van der Waals surface area contributed by atoms with E-state index in [1.807, 2.05) is 13.8 Å². The first-order chi connectivity index (χ1) is 11.7. The van der Waals surface area contributed by atoms with Gasteiger partial charge in [-0.2, -0.15) is 0 Å². The summed E-state index contributed by atoms with van der Waals surface area (Å²) in [6.45, 7) is 10.9. The second kappa shape index (κ2) is 18.6. The summed E-state index contributed by atoms with van der Waals surface area (Å²) < 4.78 is 26.6. The number of hydrogen-bond acceptors (Lipinski definition) is 6. The van der Waals surface area contributed by atoms with Crippen molar-refractivity contribution in [2.45, 2.75) is 39.7 Å². The third kappa shape index (κ3) is 19.3. The lowest BCUT2D eigenvalue weighted by molar-refractivity contribution is -0.126. The van der Waals surface area contributed by atoms with Crippen LogP contribution in [0.3, 0.4) is 0 Å². The molecule has 0 saturated carbocycles. The summed E-state index contributed by atoms with van der Waals surface area (Å²) in [4.78, 5) is 11.5. The quantitative estimate of drug-likeness (QED) is 0.377. The highest BCUT2D eigenvalue weighted by atomic mass is 16.5. The lowest BCUT2D eigenvalue weighted by Crippen LogP contribution is -2.31. The van der Waals surface area contributed by atoms with E-state index in [-0.39, 0.29) is 18.6 Å². The van der Waals surface area contributed by atoms with Crippen molar-refractivity contribution in [3.8, 4) is 0 Å². The molecule has 0 aliphatic rings. The van der Waals surface area contributed by atoms with E-state index in [0.29, 0.717) is 52.8 Å². The molecule has 0 aliphatic heterocycles. The predicted octanol–water partition coefficient (Wildman–Crippen LogP) is 1.39. The molecule has 0 bridgehead atoms. The van der Waals surface area contributed by atoms with Crippen molar-refractivity contribution in [1.82, 2.24) is 5.32 Å². The minimum Gasteiger partial charge on any atom is -0.379 e. The maximum Gasteiger partial charge on any atom is 0.246 e. The largest absolute Gasteiger partial charge is 0.379 e. The Bertz CT molecular complexity index is 276. The SMILES string of the molecule is CCCCOCCOCCNC(=O)COCCOCCOC(C)C. The van der Waals surface area contributed by atoms with Gasteiger partial charge in [-0.3, -0.25) is 4.79 Å². The van der Waals surface area contributed by atoms with Gasteiger partial charge in [-0.25, -0.2) is 0 Å². The van der Waals surface area contributed by atoms with Crippen molar-refractivity contribution in [2.75, 3.05) is 66.0 Å². The Labute approximate surface area is 146 Å². The number of amides is 1. The van der Waals surface area contributed by atoms with Crippen LogP contribution in [0, 0.1) is 0 Å². The zero-order chi connectivity index (χ0) is 17.9. The number of unbranched alkanes of at least 4 members (excludes halogenated alkanes) is 1. The maximum atomic E-state index is 11.5. The molecule has 144 valence electrons. The van der Waals surface area contributed by atoms with Crippen molar-refractivity contribution >= 4 is 5.91 Å². The molecular weight excluding hydrogens is 314 g/mol. The van der Waals surface area contributed by atoms with Crippen molar-refractivity contribution in [2.24, 2.45) is 0 Å². The molecule has 1 N–H and O–H groups in total. The fourth-order valence-corrected chi connectivity index (χ4v) is 1.61. The van der Waals surface area contributed by atoms with Crippen LogP contribution in [0.25, 0.3) is 0 Å². The van der Waals surface area contributed by atoms with Gasteiger partial charge in [0.05, 0.1) is 52.4 Å². The average molecular weight is 349 g/mol. The Morgan fingerprint density at radius 2 is 1.42 bits per heavy atom. The molecule has 0 unspecified atom stereocenters. The summed E-state index contributed by atoms with van der Waals surface area (Å²) in [5.41, 5.74) is 0. The molecule has 24 heavy (non-hydrogen) atoms. The Morgan fingerprint density at radius 1 is 0.833 bits per heavy atom. The first-order valence-corrected chi connectivity index (χ1v) is 8.86. The molecule has 0 aliphatic carbocycles. The molecule has 0 radical (unpaired) electrons. The van der Waals surface area contributed by atoms with Gasteiger partial charge in [0.1, 0.15) is 6.61 Å². The van der Waals surface area contributed by atoms with Gasteiger partial charge in [-0.15, -0.1) is 0 Å². The van der Waals surface area contributed by atoms with E-state index in [1.54, 1.807) is 0 Å². The van der Waals surface area contributed by atoms with Crippen LogP contribution in [-0.2, 0) is 28.5 Å². The molecule has 0 atom stereocenters. The van der Waals surface area contributed by atoms with Gasteiger partial charge in [0.2, 0.25) is 5.91 Å². The Balaban J connectivity index is 3.16. The fraction of sp³-hybridized carbons (Fsp3) is 0.941. The Kier molecular flexibility index (Phi) is 18.0. The molecule has 1 amide bonds. The van der Waals surface area contributed by atoms with Crippen LogP contribution in [0.4, 0.5) is 0 Å². The molecule has 0 aromatic heterocycles. The lowest BCUT2D eigenvalue weighted by Gasteiger charge is -2.09. The monoisotopic (exact) mass is 349 g/mol. The van der Waals surface area contributed by atoms with E-state index < -0.39 is 0 Å². The molecule has 7 heteroatoms. The van der Waals surface area contributed by atoms with Gasteiger partial charge in [0.15, 0.2) is 0 Å². The van der Waals surface area contributed by atoms with Gasteiger partial charge in [-0.1, -0.05) is 13.3 Å². The van der Waals surface area contributed by atoms with Crippen LogP contribution in [0.2, 0.25) is 0 Å².